The molecule has 0 radical (unpaired) electrons. The lowest BCUT2D eigenvalue weighted by molar-refractivity contribution is -0.0347. The number of hydrogen-bond acceptors (Lipinski definition) is 6. The molecule has 0 unspecified atom stereocenters. The summed E-state index contributed by atoms with van der Waals surface area (Å²) in [6.07, 6.45) is 3.23. The first kappa shape index (κ1) is 16.6. The highest BCUT2D eigenvalue weighted by Gasteiger charge is 2.25. The third-order valence-corrected chi connectivity index (χ3v) is 3.91. The summed E-state index contributed by atoms with van der Waals surface area (Å²) in [6, 6.07) is 6.06. The molecule has 2 aromatic rings. The van der Waals surface area contributed by atoms with Crippen LogP contribution < -0.4 is 10.1 Å². The summed E-state index contributed by atoms with van der Waals surface area (Å²) in [5.74, 6) is 1.15. The summed E-state index contributed by atoms with van der Waals surface area (Å²) in [7, 11) is 1.82. The molecule has 2 heterocycles. The normalized spacial score (nSPS) is 18.3. The van der Waals surface area contributed by atoms with Crippen molar-refractivity contribution in [2.24, 2.45) is 0 Å². The molecule has 24 heavy (non-hydrogen) atoms. The van der Waals surface area contributed by atoms with Gasteiger partial charge in [0.1, 0.15) is 35.8 Å². The highest BCUT2D eigenvalue weighted by molar-refractivity contribution is 5.40. The Bertz CT molecular complexity index is 653. The van der Waals surface area contributed by atoms with E-state index < -0.39 is 0 Å². The Labute approximate surface area is 140 Å². The van der Waals surface area contributed by atoms with Gasteiger partial charge in [-0.15, -0.1) is 0 Å². The maximum Gasteiger partial charge on any atom is 0.150 e. The Hall–Kier alpha value is -2.25. The maximum atomic E-state index is 12.9. The van der Waals surface area contributed by atoms with Crippen molar-refractivity contribution in [1.29, 1.82) is 0 Å². The first-order valence-corrected chi connectivity index (χ1v) is 7.97. The van der Waals surface area contributed by atoms with Crippen molar-refractivity contribution in [2.75, 3.05) is 45.2 Å². The fourth-order valence-electron chi connectivity index (χ4n) is 2.67. The molecule has 1 aromatic carbocycles. The molecule has 1 N–H and O–H groups in total. The molecule has 1 aliphatic rings. The van der Waals surface area contributed by atoms with Crippen molar-refractivity contribution in [3.8, 4) is 5.75 Å². The first-order chi connectivity index (χ1) is 11.8. The summed E-state index contributed by atoms with van der Waals surface area (Å²) >= 11 is 0. The minimum Gasteiger partial charge on any atom is -0.492 e. The number of ether oxygens (including phenoxy) is 2. The second kappa shape index (κ2) is 8.03. The SMILES string of the molecule is CNc1nccnc1[C@@H]1CN(CCOc2ccc(F)cc2)CCO1. The van der Waals surface area contributed by atoms with Gasteiger partial charge in [-0.2, -0.15) is 0 Å². The zero-order chi connectivity index (χ0) is 16.8. The number of nitrogens with zero attached hydrogens (tertiary/aromatic N) is 3. The molecule has 128 valence electrons. The van der Waals surface area contributed by atoms with Gasteiger partial charge in [-0.3, -0.25) is 9.88 Å². The second-order valence-corrected chi connectivity index (χ2v) is 5.50. The Morgan fingerprint density at radius 3 is 2.88 bits per heavy atom. The van der Waals surface area contributed by atoms with Gasteiger partial charge in [0.05, 0.1) is 6.61 Å². The topological polar surface area (TPSA) is 59.5 Å². The average molecular weight is 332 g/mol. The zero-order valence-electron chi connectivity index (χ0n) is 13.6. The van der Waals surface area contributed by atoms with E-state index in [4.69, 9.17) is 9.47 Å². The molecule has 1 atom stereocenters. The zero-order valence-corrected chi connectivity index (χ0v) is 13.6. The molecule has 3 rings (SSSR count). The van der Waals surface area contributed by atoms with Gasteiger partial charge < -0.3 is 14.8 Å². The molecule has 0 aliphatic carbocycles. The number of anilines is 1. The molecular formula is C17H21FN4O2. The van der Waals surface area contributed by atoms with Crippen LogP contribution in [0, 0.1) is 5.82 Å². The van der Waals surface area contributed by atoms with Crippen LogP contribution in [0.2, 0.25) is 0 Å². The van der Waals surface area contributed by atoms with E-state index in [1.165, 1.54) is 12.1 Å². The van der Waals surface area contributed by atoms with Crippen LogP contribution in [0.25, 0.3) is 0 Å². The molecule has 6 nitrogen and oxygen atoms in total. The monoisotopic (exact) mass is 332 g/mol. The average Bonchev–Trinajstić information content (AvgIpc) is 2.63. The molecular weight excluding hydrogens is 311 g/mol. The van der Waals surface area contributed by atoms with Crippen LogP contribution in [0.5, 0.6) is 5.75 Å². The van der Waals surface area contributed by atoms with E-state index in [9.17, 15) is 4.39 Å². The maximum absolute atomic E-state index is 12.9. The lowest BCUT2D eigenvalue weighted by Crippen LogP contribution is -2.40. The fourth-order valence-corrected chi connectivity index (χ4v) is 2.67. The van der Waals surface area contributed by atoms with Gasteiger partial charge >= 0.3 is 0 Å². The molecule has 0 bridgehead atoms. The molecule has 7 heteroatoms. The van der Waals surface area contributed by atoms with Crippen LogP contribution in [0.1, 0.15) is 11.8 Å². The predicted octanol–water partition coefficient (Wildman–Crippen LogP) is 2.11. The van der Waals surface area contributed by atoms with Gasteiger partial charge in [0.2, 0.25) is 0 Å². The van der Waals surface area contributed by atoms with Crippen LogP contribution >= 0.6 is 0 Å². The van der Waals surface area contributed by atoms with Crippen LogP contribution in [0.3, 0.4) is 0 Å². The highest BCUT2D eigenvalue weighted by atomic mass is 19.1. The van der Waals surface area contributed by atoms with Gasteiger partial charge in [0.15, 0.2) is 0 Å². The van der Waals surface area contributed by atoms with E-state index in [0.29, 0.717) is 19.0 Å². The fraction of sp³-hybridized carbons (Fsp3) is 0.412. The number of nitrogens with one attached hydrogen (secondary N) is 1. The predicted molar refractivity (Wildman–Crippen MR) is 88.6 cm³/mol. The van der Waals surface area contributed by atoms with E-state index in [2.05, 4.69) is 20.2 Å². The van der Waals surface area contributed by atoms with Crippen LogP contribution in [0.4, 0.5) is 10.2 Å². The molecule has 1 saturated heterocycles. The molecule has 1 fully saturated rings. The van der Waals surface area contributed by atoms with E-state index in [1.54, 1.807) is 24.5 Å². The number of benzene rings is 1. The Morgan fingerprint density at radius 1 is 1.29 bits per heavy atom. The molecule has 0 saturated carbocycles. The summed E-state index contributed by atoms with van der Waals surface area (Å²) in [5, 5.41) is 3.05. The van der Waals surface area contributed by atoms with Crippen molar-refractivity contribution in [2.45, 2.75) is 6.10 Å². The number of aromatic nitrogens is 2. The number of hydrogen-bond donors (Lipinski definition) is 1. The quantitative estimate of drug-likeness (QED) is 0.874. The van der Waals surface area contributed by atoms with Crippen molar-refractivity contribution in [3.63, 3.8) is 0 Å². The molecule has 0 spiro atoms. The lowest BCUT2D eigenvalue weighted by Gasteiger charge is -2.32. The van der Waals surface area contributed by atoms with Crippen LogP contribution in [-0.4, -0.2) is 54.8 Å². The molecule has 1 aliphatic heterocycles. The van der Waals surface area contributed by atoms with E-state index in [0.717, 1.165) is 31.1 Å². The Kier molecular flexibility index (Phi) is 5.55. The minimum absolute atomic E-state index is 0.110. The van der Waals surface area contributed by atoms with Crippen molar-refractivity contribution in [1.82, 2.24) is 14.9 Å². The minimum atomic E-state index is -0.261. The molecule has 1 aromatic heterocycles. The summed E-state index contributed by atoms with van der Waals surface area (Å²) in [4.78, 5) is 10.9. The largest absolute Gasteiger partial charge is 0.492 e. The van der Waals surface area contributed by atoms with Crippen LogP contribution in [-0.2, 0) is 4.74 Å². The summed E-state index contributed by atoms with van der Waals surface area (Å²) < 4.78 is 24.4. The van der Waals surface area contributed by atoms with Gasteiger partial charge in [-0.1, -0.05) is 0 Å². The van der Waals surface area contributed by atoms with Gasteiger partial charge in [0, 0.05) is 39.1 Å². The van der Waals surface area contributed by atoms with E-state index >= 15 is 0 Å². The number of halogens is 1. The molecule has 0 amide bonds. The first-order valence-electron chi connectivity index (χ1n) is 7.97. The van der Waals surface area contributed by atoms with Gasteiger partial charge in [-0.25, -0.2) is 9.37 Å². The van der Waals surface area contributed by atoms with E-state index in [-0.39, 0.29) is 11.9 Å². The van der Waals surface area contributed by atoms with Gasteiger partial charge in [-0.05, 0) is 24.3 Å². The third kappa shape index (κ3) is 4.18. The Balaban J connectivity index is 1.53. The standard InChI is InChI=1S/C17H21FN4O2/c1-19-17-16(20-6-7-21-17)15-12-22(9-11-24-15)8-10-23-14-4-2-13(18)3-5-14/h2-7,15H,8-12H2,1H3,(H,19,21)/t15-/m0/s1. The Morgan fingerprint density at radius 2 is 2.08 bits per heavy atom. The van der Waals surface area contributed by atoms with Crippen molar-refractivity contribution >= 4 is 5.82 Å². The number of rotatable bonds is 6. The summed E-state index contributed by atoms with van der Waals surface area (Å²) in [5.41, 5.74) is 0.823. The lowest BCUT2D eigenvalue weighted by atomic mass is 10.2. The summed E-state index contributed by atoms with van der Waals surface area (Å²) in [6.45, 7) is 3.53. The van der Waals surface area contributed by atoms with Crippen molar-refractivity contribution < 1.29 is 13.9 Å². The van der Waals surface area contributed by atoms with Crippen molar-refractivity contribution in [3.05, 3.63) is 48.2 Å². The highest BCUT2D eigenvalue weighted by Crippen LogP contribution is 2.24. The second-order valence-electron chi connectivity index (χ2n) is 5.50. The van der Waals surface area contributed by atoms with E-state index in [1.807, 2.05) is 7.05 Å². The number of morpholine rings is 1. The van der Waals surface area contributed by atoms with Gasteiger partial charge in [0.25, 0.3) is 0 Å². The van der Waals surface area contributed by atoms with Crippen LogP contribution in [0.15, 0.2) is 36.7 Å². The third-order valence-electron chi connectivity index (χ3n) is 3.91. The smallest absolute Gasteiger partial charge is 0.150 e.